The molecule has 9 nitrogen and oxygen atoms in total. The van der Waals surface area contributed by atoms with E-state index in [-0.39, 0.29) is 35.5 Å². The Balaban J connectivity index is 1.74. The zero-order chi connectivity index (χ0) is 30.0. The van der Waals surface area contributed by atoms with Crippen LogP contribution in [0, 0.1) is 11.2 Å². The van der Waals surface area contributed by atoms with E-state index >= 15 is 0 Å². The first kappa shape index (κ1) is 32.0. The number of benzene rings is 1. The predicted octanol–water partition coefficient (Wildman–Crippen LogP) is 5.09. The second-order valence-electron chi connectivity index (χ2n) is 10.8. The summed E-state index contributed by atoms with van der Waals surface area (Å²) in [6.07, 6.45) is 2.94. The van der Waals surface area contributed by atoms with Gasteiger partial charge >= 0.3 is 195 Å². The first-order valence-electron chi connectivity index (χ1n) is 13.8. The van der Waals surface area contributed by atoms with Crippen molar-refractivity contribution in [2.45, 2.75) is 90.3 Å². The minimum atomic E-state index is -4.64. The number of halogens is 3. The fraction of sp³-hybridized carbons (Fsp3) is 0.571. The van der Waals surface area contributed by atoms with Gasteiger partial charge in [0, 0.05) is 0 Å². The second-order valence-corrected chi connectivity index (χ2v) is 10.8. The quantitative estimate of drug-likeness (QED) is 0.215. The van der Waals surface area contributed by atoms with Crippen LogP contribution in [0.4, 0.5) is 18.0 Å². The van der Waals surface area contributed by atoms with E-state index < -0.39 is 29.7 Å². The Morgan fingerprint density at radius 3 is 2.78 bits per heavy atom. The number of hydrogen-bond donors (Lipinski definition) is 2. The van der Waals surface area contributed by atoms with Gasteiger partial charge in [-0.05, 0) is 12.8 Å². The molecule has 2 unspecified atom stereocenters. The molecule has 0 spiro atoms. The van der Waals surface area contributed by atoms with Crippen LogP contribution in [0.3, 0.4) is 0 Å². The van der Waals surface area contributed by atoms with E-state index in [9.17, 15) is 23.2 Å². The van der Waals surface area contributed by atoms with Crippen molar-refractivity contribution in [3.8, 4) is 11.7 Å². The molecule has 41 heavy (non-hydrogen) atoms. The molecular weight excluding hydrogens is 538 g/mol. The maximum atomic E-state index is 13.9. The Morgan fingerprint density at radius 1 is 1.32 bits per heavy atom. The van der Waals surface area contributed by atoms with Crippen molar-refractivity contribution < 1.29 is 32.3 Å². The summed E-state index contributed by atoms with van der Waals surface area (Å²) in [5.41, 5.74) is 1.42. The third-order valence-electron chi connectivity index (χ3n) is 6.34. The number of carbonyl (C=O) groups is 1. The number of amides is 1. The average molecular weight is 575 g/mol. The molecule has 0 aromatic heterocycles. The third-order valence-corrected chi connectivity index (χ3v) is 6.34. The Hall–Kier alpha value is -3.53. The molecule has 1 aromatic carbocycles. The first-order chi connectivity index (χ1) is 19.4. The van der Waals surface area contributed by atoms with Crippen LogP contribution in [0.1, 0.15) is 77.3 Å². The summed E-state index contributed by atoms with van der Waals surface area (Å²) in [5.74, 6) is 1.80. The first-order valence-corrected chi connectivity index (χ1v) is 13.8. The SMILES string of the molecule is CCCCC/C=C/COc1ccc(C2=NC(C3CCCN3C(=BC#N)NC(=O)OC(C)(C)C)ON2)cc1C(F)(F)F. The number of alkyl carbamates (subject to hydrolysis) is 1. The van der Waals surface area contributed by atoms with Crippen LogP contribution < -0.4 is 15.5 Å². The van der Waals surface area contributed by atoms with Gasteiger partial charge in [0.2, 0.25) is 0 Å². The molecule has 0 saturated carbocycles. The van der Waals surface area contributed by atoms with Crippen molar-refractivity contribution in [2.24, 2.45) is 4.99 Å². The summed E-state index contributed by atoms with van der Waals surface area (Å²) in [4.78, 5) is 24.3. The summed E-state index contributed by atoms with van der Waals surface area (Å²) in [5, 5.41) is 11.9. The number of alkyl halides is 3. The molecule has 2 heterocycles. The summed E-state index contributed by atoms with van der Waals surface area (Å²) in [6.45, 7) is 9.02. The number of nitrogens with one attached hydrogen (secondary N) is 2. The molecule has 2 aliphatic heterocycles. The van der Waals surface area contributed by atoms with Gasteiger partial charge in [-0.15, -0.1) is 0 Å². The van der Waals surface area contributed by atoms with E-state index in [2.05, 4.69) is 22.7 Å². The van der Waals surface area contributed by atoms with Crippen molar-refractivity contribution in [3.05, 3.63) is 41.5 Å². The Bertz CT molecular complexity index is 1190. The van der Waals surface area contributed by atoms with Crippen LogP contribution in [0.25, 0.3) is 0 Å². The Morgan fingerprint density at radius 2 is 2.10 bits per heavy atom. The van der Waals surface area contributed by atoms with Gasteiger partial charge in [-0.1, -0.05) is 31.9 Å². The topological polar surface area (TPSA) is 108 Å². The molecule has 2 aliphatic rings. The number of rotatable bonds is 11. The monoisotopic (exact) mass is 575 g/mol. The van der Waals surface area contributed by atoms with E-state index in [0.717, 1.165) is 38.2 Å². The van der Waals surface area contributed by atoms with Gasteiger partial charge in [0.05, 0.1) is 0 Å². The van der Waals surface area contributed by atoms with Crippen molar-refractivity contribution in [2.75, 3.05) is 13.2 Å². The number of likely N-dealkylation sites (tertiary alicyclic amines) is 1. The molecule has 3 rings (SSSR count). The predicted molar refractivity (Wildman–Crippen MR) is 150 cm³/mol. The number of aliphatic imine (C=N–C) groups is 1. The van der Waals surface area contributed by atoms with Crippen LogP contribution >= 0.6 is 0 Å². The minimum absolute atomic E-state index is 0.0341. The van der Waals surface area contributed by atoms with Crippen LogP contribution in [0.5, 0.6) is 5.75 Å². The number of hydrogen-bond acceptors (Lipinski definition) is 8. The van der Waals surface area contributed by atoms with Gasteiger partial charge in [0.1, 0.15) is 0 Å². The van der Waals surface area contributed by atoms with Crippen LogP contribution in [0.2, 0.25) is 0 Å². The second kappa shape index (κ2) is 14.4. The van der Waals surface area contributed by atoms with Crippen molar-refractivity contribution in [1.29, 1.82) is 5.26 Å². The Labute approximate surface area is 239 Å². The molecule has 2 N–H and O–H groups in total. The molecule has 1 saturated heterocycles. The van der Waals surface area contributed by atoms with E-state index in [0.29, 0.717) is 13.0 Å². The molecule has 2 atom stereocenters. The molecule has 222 valence electrons. The molecular formula is C28H37BF3N5O4. The molecule has 0 radical (unpaired) electrons. The number of nitrogens with zero attached hydrogens (tertiary/aromatic N) is 3. The number of carbonyl (C=O) groups excluding carboxylic acids is 1. The van der Waals surface area contributed by atoms with Crippen LogP contribution in [0.15, 0.2) is 35.3 Å². The molecule has 13 heteroatoms. The average Bonchev–Trinajstić information content (AvgIpc) is 3.56. The molecule has 1 amide bonds. The van der Waals surface area contributed by atoms with Crippen LogP contribution in [-0.4, -0.2) is 60.5 Å². The van der Waals surface area contributed by atoms with Gasteiger partial charge < -0.3 is 0 Å². The molecule has 0 aliphatic carbocycles. The van der Waals surface area contributed by atoms with Gasteiger partial charge in [0.15, 0.2) is 0 Å². The number of nitriles is 1. The normalized spacial score (nSPS) is 19.4. The summed E-state index contributed by atoms with van der Waals surface area (Å²) in [6, 6.07) is 3.37. The summed E-state index contributed by atoms with van der Waals surface area (Å²) in [7, 11) is 0. The summed E-state index contributed by atoms with van der Waals surface area (Å²) < 4.78 is 52.4. The van der Waals surface area contributed by atoms with E-state index in [1.165, 1.54) is 19.1 Å². The van der Waals surface area contributed by atoms with E-state index in [1.54, 1.807) is 31.7 Å². The van der Waals surface area contributed by atoms with Gasteiger partial charge in [0.25, 0.3) is 0 Å². The number of amidine groups is 1. The zero-order valence-electron chi connectivity index (χ0n) is 23.9. The van der Waals surface area contributed by atoms with Crippen molar-refractivity contribution in [1.82, 2.24) is 15.7 Å². The third kappa shape index (κ3) is 9.52. The molecule has 1 fully saturated rings. The van der Waals surface area contributed by atoms with Crippen LogP contribution in [-0.2, 0) is 15.8 Å². The van der Waals surface area contributed by atoms with Crippen molar-refractivity contribution >= 4 is 24.6 Å². The fourth-order valence-electron chi connectivity index (χ4n) is 4.50. The number of unbranched alkanes of at least 4 members (excludes halogenated alkanes) is 3. The number of allylic oxidation sites excluding steroid dienone is 1. The summed E-state index contributed by atoms with van der Waals surface area (Å²) >= 11 is 0. The van der Waals surface area contributed by atoms with Crippen molar-refractivity contribution in [3.63, 3.8) is 0 Å². The Kier molecular flexibility index (Phi) is 11.2. The van der Waals surface area contributed by atoms with Gasteiger partial charge in [-0.3, -0.25) is 0 Å². The molecule has 1 aromatic rings. The zero-order valence-corrected chi connectivity index (χ0v) is 23.9. The number of ether oxygens (including phenoxy) is 2. The van der Waals surface area contributed by atoms with E-state index in [4.69, 9.17) is 14.3 Å². The standard InChI is InChI=1S/C28H37BF3N5O4/c1-5-6-7-8-9-10-16-39-22-14-13-19(17-20(22)28(30,31)32)23-34-24(41-36-23)21-12-11-15-37(21)25(29-18-33)35-26(38)40-27(2,3)4/h9-10,13-14,17,21,24H,5-8,11-12,15-16H2,1-4H3,(H,34,36)(H,35,38)/b10-9+. The van der Waals surface area contributed by atoms with Gasteiger partial charge in [-0.2, -0.15) is 0 Å². The number of hydroxylamine groups is 1. The van der Waals surface area contributed by atoms with E-state index in [1.807, 2.05) is 12.0 Å². The van der Waals surface area contributed by atoms with Gasteiger partial charge in [-0.25, -0.2) is 0 Å². The molecule has 0 bridgehead atoms. The fourth-order valence-corrected chi connectivity index (χ4v) is 4.50. The maximum absolute atomic E-state index is 13.9.